The van der Waals surface area contributed by atoms with E-state index in [1.165, 1.54) is 5.56 Å². The molecule has 0 amide bonds. The van der Waals surface area contributed by atoms with Crippen LogP contribution in [0.4, 0.5) is 11.4 Å². The van der Waals surface area contributed by atoms with Crippen molar-refractivity contribution in [2.24, 2.45) is 0 Å². The summed E-state index contributed by atoms with van der Waals surface area (Å²) in [7, 11) is 0. The molecule has 0 aliphatic heterocycles. The van der Waals surface area contributed by atoms with Crippen LogP contribution in [-0.2, 0) is 0 Å². The third kappa shape index (κ3) is 2.63. The van der Waals surface area contributed by atoms with Gasteiger partial charge in [-0.2, -0.15) is 0 Å². The minimum Gasteiger partial charge on any atom is -0.478 e. The van der Waals surface area contributed by atoms with Gasteiger partial charge < -0.3 is 10.4 Å². The van der Waals surface area contributed by atoms with Crippen molar-refractivity contribution in [3.05, 3.63) is 65.4 Å². The number of fused-ring (bicyclic) bond motifs is 1. The molecule has 4 nitrogen and oxygen atoms in total. The van der Waals surface area contributed by atoms with Crippen LogP contribution < -0.4 is 5.32 Å². The largest absolute Gasteiger partial charge is 0.478 e. The van der Waals surface area contributed by atoms with Crippen LogP contribution in [0.5, 0.6) is 0 Å². The molecule has 0 spiro atoms. The lowest BCUT2D eigenvalue weighted by atomic mass is 10.0. The van der Waals surface area contributed by atoms with Gasteiger partial charge in [0.25, 0.3) is 0 Å². The molecule has 1 heterocycles. The molecule has 2 N–H and O–H groups in total. The van der Waals surface area contributed by atoms with Gasteiger partial charge in [-0.15, -0.1) is 0 Å². The zero-order chi connectivity index (χ0) is 15.7. The molecule has 3 rings (SSSR count). The van der Waals surface area contributed by atoms with Crippen LogP contribution in [0.15, 0.2) is 48.7 Å². The van der Waals surface area contributed by atoms with Crippen molar-refractivity contribution in [2.45, 2.75) is 13.8 Å². The van der Waals surface area contributed by atoms with Crippen LogP contribution in [0.3, 0.4) is 0 Å². The highest BCUT2D eigenvalue weighted by atomic mass is 16.4. The lowest BCUT2D eigenvalue weighted by Crippen LogP contribution is -1.98. The molecule has 0 bridgehead atoms. The van der Waals surface area contributed by atoms with Gasteiger partial charge in [0.1, 0.15) is 0 Å². The van der Waals surface area contributed by atoms with Crippen molar-refractivity contribution in [1.29, 1.82) is 0 Å². The number of hydrogen-bond acceptors (Lipinski definition) is 3. The van der Waals surface area contributed by atoms with E-state index in [0.29, 0.717) is 0 Å². The molecule has 110 valence electrons. The molecule has 0 aliphatic carbocycles. The fourth-order valence-electron chi connectivity index (χ4n) is 2.63. The standard InChI is InChI=1S/C18H16N2O2/c1-11-9-12(2)17-15(7-8-19-16(17)10-11)20-14-5-3-13(4-6-14)18(21)22/h3-10H,1-2H3,(H,19,20)(H,21,22). The van der Waals surface area contributed by atoms with Gasteiger partial charge in [0.05, 0.1) is 11.1 Å². The van der Waals surface area contributed by atoms with Crippen molar-refractivity contribution in [2.75, 3.05) is 5.32 Å². The van der Waals surface area contributed by atoms with E-state index in [1.54, 1.807) is 30.5 Å². The molecule has 0 aliphatic rings. The van der Waals surface area contributed by atoms with Gasteiger partial charge in [0, 0.05) is 23.0 Å². The topological polar surface area (TPSA) is 62.2 Å². The van der Waals surface area contributed by atoms with E-state index in [-0.39, 0.29) is 5.56 Å². The zero-order valence-electron chi connectivity index (χ0n) is 12.4. The van der Waals surface area contributed by atoms with Gasteiger partial charge in [0.15, 0.2) is 0 Å². The van der Waals surface area contributed by atoms with E-state index in [9.17, 15) is 4.79 Å². The quantitative estimate of drug-likeness (QED) is 0.755. The van der Waals surface area contributed by atoms with E-state index < -0.39 is 5.97 Å². The predicted molar refractivity (Wildman–Crippen MR) is 87.9 cm³/mol. The maximum atomic E-state index is 10.9. The summed E-state index contributed by atoms with van der Waals surface area (Å²) in [6.45, 7) is 4.12. The molecule has 22 heavy (non-hydrogen) atoms. The number of rotatable bonds is 3. The SMILES string of the molecule is Cc1cc(C)c2c(Nc3ccc(C(=O)O)cc3)ccnc2c1. The summed E-state index contributed by atoms with van der Waals surface area (Å²) >= 11 is 0. The molecule has 3 aromatic rings. The summed E-state index contributed by atoms with van der Waals surface area (Å²) < 4.78 is 0. The van der Waals surface area contributed by atoms with Crippen LogP contribution in [0, 0.1) is 13.8 Å². The van der Waals surface area contributed by atoms with Gasteiger partial charge in [0.2, 0.25) is 0 Å². The second-order valence-electron chi connectivity index (χ2n) is 5.34. The number of carboxylic acid groups (broad SMARTS) is 1. The minimum absolute atomic E-state index is 0.275. The Hall–Kier alpha value is -2.88. The highest BCUT2D eigenvalue weighted by Gasteiger charge is 2.07. The van der Waals surface area contributed by atoms with Gasteiger partial charge in [-0.1, -0.05) is 6.07 Å². The van der Waals surface area contributed by atoms with Crippen LogP contribution in [0.2, 0.25) is 0 Å². The first kappa shape index (κ1) is 14.1. The number of aromatic nitrogens is 1. The van der Waals surface area contributed by atoms with Crippen molar-refractivity contribution in [3.8, 4) is 0 Å². The molecule has 0 saturated heterocycles. The molecular weight excluding hydrogens is 276 g/mol. The molecule has 0 saturated carbocycles. The first-order valence-corrected chi connectivity index (χ1v) is 7.01. The minimum atomic E-state index is -0.924. The number of carbonyl (C=O) groups is 1. The molecule has 0 atom stereocenters. The zero-order valence-corrected chi connectivity index (χ0v) is 12.4. The number of hydrogen-bond donors (Lipinski definition) is 2. The number of carboxylic acids is 1. The monoisotopic (exact) mass is 292 g/mol. The fraction of sp³-hybridized carbons (Fsp3) is 0.111. The summed E-state index contributed by atoms with van der Waals surface area (Å²) in [5.41, 5.74) is 5.37. The number of pyridine rings is 1. The van der Waals surface area contributed by atoms with Crippen LogP contribution in [0.25, 0.3) is 10.9 Å². The molecule has 1 aromatic heterocycles. The lowest BCUT2D eigenvalue weighted by molar-refractivity contribution is 0.0697. The summed E-state index contributed by atoms with van der Waals surface area (Å²) in [6.07, 6.45) is 1.77. The summed E-state index contributed by atoms with van der Waals surface area (Å²) in [4.78, 5) is 15.3. The van der Waals surface area contributed by atoms with E-state index in [2.05, 4.69) is 36.3 Å². The lowest BCUT2D eigenvalue weighted by Gasteiger charge is -2.12. The third-order valence-electron chi connectivity index (χ3n) is 3.59. The van der Waals surface area contributed by atoms with E-state index in [4.69, 9.17) is 5.11 Å². The Kier molecular flexibility index (Phi) is 3.51. The van der Waals surface area contributed by atoms with Gasteiger partial charge in [-0.25, -0.2) is 4.79 Å². The van der Waals surface area contributed by atoms with Gasteiger partial charge in [-0.05, 0) is 61.4 Å². The number of nitrogens with one attached hydrogen (secondary N) is 1. The van der Waals surface area contributed by atoms with Crippen molar-refractivity contribution >= 4 is 28.2 Å². The molecule has 0 fully saturated rings. The molecule has 0 radical (unpaired) electrons. The maximum Gasteiger partial charge on any atom is 0.335 e. The highest BCUT2D eigenvalue weighted by Crippen LogP contribution is 2.29. The van der Waals surface area contributed by atoms with Gasteiger partial charge >= 0.3 is 5.97 Å². The predicted octanol–water partition coefficient (Wildman–Crippen LogP) is 4.29. The Balaban J connectivity index is 2.02. The van der Waals surface area contributed by atoms with E-state index >= 15 is 0 Å². The number of anilines is 2. The van der Waals surface area contributed by atoms with Crippen LogP contribution in [-0.4, -0.2) is 16.1 Å². The second-order valence-corrected chi connectivity index (χ2v) is 5.34. The first-order chi connectivity index (χ1) is 10.5. The van der Waals surface area contributed by atoms with Crippen molar-refractivity contribution in [1.82, 2.24) is 4.98 Å². The van der Waals surface area contributed by atoms with Crippen molar-refractivity contribution in [3.63, 3.8) is 0 Å². The van der Waals surface area contributed by atoms with Crippen LogP contribution in [0.1, 0.15) is 21.5 Å². The Morgan fingerprint density at radius 1 is 1.09 bits per heavy atom. The number of aryl methyl sites for hydroxylation is 2. The maximum absolute atomic E-state index is 10.9. The highest BCUT2D eigenvalue weighted by molar-refractivity contribution is 5.96. The number of benzene rings is 2. The molecule has 0 unspecified atom stereocenters. The Bertz CT molecular complexity index is 855. The third-order valence-corrected chi connectivity index (χ3v) is 3.59. The number of aromatic carboxylic acids is 1. The van der Waals surface area contributed by atoms with E-state index in [0.717, 1.165) is 27.8 Å². The molecule has 2 aromatic carbocycles. The summed E-state index contributed by atoms with van der Waals surface area (Å²) in [5.74, 6) is -0.924. The summed E-state index contributed by atoms with van der Waals surface area (Å²) in [6, 6.07) is 12.8. The van der Waals surface area contributed by atoms with E-state index in [1.807, 2.05) is 6.07 Å². The molecular formula is C18H16N2O2. The van der Waals surface area contributed by atoms with Crippen molar-refractivity contribution < 1.29 is 9.90 Å². The Labute approximate surface area is 128 Å². The van der Waals surface area contributed by atoms with Crippen LogP contribution >= 0.6 is 0 Å². The average Bonchev–Trinajstić information content (AvgIpc) is 2.47. The fourth-order valence-corrected chi connectivity index (χ4v) is 2.63. The first-order valence-electron chi connectivity index (χ1n) is 7.01. The average molecular weight is 292 g/mol. The Morgan fingerprint density at radius 3 is 2.50 bits per heavy atom. The number of nitrogens with zero attached hydrogens (tertiary/aromatic N) is 1. The normalized spacial score (nSPS) is 10.6. The molecule has 4 heteroatoms. The van der Waals surface area contributed by atoms with Gasteiger partial charge in [-0.3, -0.25) is 4.98 Å². The Morgan fingerprint density at radius 2 is 1.82 bits per heavy atom. The smallest absolute Gasteiger partial charge is 0.335 e. The summed E-state index contributed by atoms with van der Waals surface area (Å²) in [5, 5.41) is 13.4. The second kappa shape index (κ2) is 5.48.